The van der Waals surface area contributed by atoms with E-state index in [2.05, 4.69) is 5.32 Å². The van der Waals surface area contributed by atoms with E-state index >= 15 is 0 Å². The largest absolute Gasteiger partial charge is 0.396 e. The summed E-state index contributed by atoms with van der Waals surface area (Å²) in [7, 11) is 1.61. The van der Waals surface area contributed by atoms with Crippen molar-refractivity contribution in [3.8, 4) is 0 Å². The molecule has 0 saturated carbocycles. The van der Waals surface area contributed by atoms with Crippen LogP contribution in [0.1, 0.15) is 0 Å². The Balaban J connectivity index is 2.37. The van der Waals surface area contributed by atoms with E-state index in [4.69, 9.17) is 10.5 Å². The first-order valence-corrected chi connectivity index (χ1v) is 6.20. The van der Waals surface area contributed by atoms with Crippen LogP contribution < -0.4 is 11.1 Å². The summed E-state index contributed by atoms with van der Waals surface area (Å²) in [6.45, 7) is 0.613. The molecule has 0 aliphatic rings. The van der Waals surface area contributed by atoms with Crippen LogP contribution in [0.2, 0.25) is 0 Å². The number of carbonyl (C=O) groups is 1. The van der Waals surface area contributed by atoms with Gasteiger partial charge in [0, 0.05) is 18.6 Å². The van der Waals surface area contributed by atoms with Gasteiger partial charge in [-0.1, -0.05) is 0 Å². The average molecular weight is 258 g/mol. The maximum absolute atomic E-state index is 12.9. The summed E-state index contributed by atoms with van der Waals surface area (Å²) in [5, 5.41) is 2.64. The van der Waals surface area contributed by atoms with Gasteiger partial charge in [-0.15, -0.1) is 11.8 Å². The van der Waals surface area contributed by atoms with Gasteiger partial charge in [0.05, 0.1) is 18.0 Å². The highest BCUT2D eigenvalue weighted by Crippen LogP contribution is 2.16. The Labute approximate surface area is 104 Å². The molecular weight excluding hydrogens is 243 g/mol. The first kappa shape index (κ1) is 13.8. The smallest absolute Gasteiger partial charge is 0.234 e. The molecule has 4 nitrogen and oxygen atoms in total. The molecule has 0 unspecified atom stereocenters. The zero-order valence-electron chi connectivity index (χ0n) is 9.53. The topological polar surface area (TPSA) is 64.3 Å². The molecule has 6 heteroatoms. The molecule has 1 aromatic rings. The van der Waals surface area contributed by atoms with Gasteiger partial charge in [0.15, 0.2) is 0 Å². The van der Waals surface area contributed by atoms with Crippen LogP contribution in [0.5, 0.6) is 0 Å². The quantitative estimate of drug-likeness (QED) is 0.602. The molecule has 0 aliphatic heterocycles. The molecule has 94 valence electrons. The van der Waals surface area contributed by atoms with E-state index in [1.54, 1.807) is 7.11 Å². The SMILES string of the molecule is COCCSCC(=O)Nc1ccc(F)c(N)c1. The normalized spacial score (nSPS) is 10.2. The maximum atomic E-state index is 12.9. The van der Waals surface area contributed by atoms with Crippen molar-refractivity contribution in [3.63, 3.8) is 0 Å². The Morgan fingerprint density at radius 1 is 1.59 bits per heavy atom. The van der Waals surface area contributed by atoms with Crippen LogP contribution in [0.15, 0.2) is 18.2 Å². The van der Waals surface area contributed by atoms with E-state index in [9.17, 15) is 9.18 Å². The Kier molecular flexibility index (Phi) is 5.79. The fraction of sp³-hybridized carbons (Fsp3) is 0.364. The van der Waals surface area contributed by atoms with Crippen LogP contribution in [0.3, 0.4) is 0 Å². The predicted molar refractivity (Wildman–Crippen MR) is 68.6 cm³/mol. The molecule has 1 amide bonds. The molecule has 1 rings (SSSR count). The van der Waals surface area contributed by atoms with Crippen LogP contribution in [-0.2, 0) is 9.53 Å². The van der Waals surface area contributed by atoms with Crippen molar-refractivity contribution in [2.75, 3.05) is 36.3 Å². The second-order valence-electron chi connectivity index (χ2n) is 3.33. The Morgan fingerprint density at radius 3 is 3.00 bits per heavy atom. The lowest BCUT2D eigenvalue weighted by Crippen LogP contribution is -2.15. The van der Waals surface area contributed by atoms with Gasteiger partial charge in [-0.25, -0.2) is 4.39 Å². The zero-order chi connectivity index (χ0) is 12.7. The number of amides is 1. The molecule has 1 aromatic carbocycles. The molecule has 0 radical (unpaired) electrons. The van der Waals surface area contributed by atoms with Crippen LogP contribution in [-0.4, -0.2) is 31.1 Å². The summed E-state index contributed by atoms with van der Waals surface area (Å²) in [6.07, 6.45) is 0. The number of hydrogen-bond acceptors (Lipinski definition) is 4. The highest BCUT2D eigenvalue weighted by Gasteiger charge is 2.04. The number of nitrogens with one attached hydrogen (secondary N) is 1. The van der Waals surface area contributed by atoms with Crippen molar-refractivity contribution in [1.82, 2.24) is 0 Å². The van der Waals surface area contributed by atoms with E-state index in [0.29, 0.717) is 18.0 Å². The number of rotatable bonds is 6. The van der Waals surface area contributed by atoms with Crippen molar-refractivity contribution in [3.05, 3.63) is 24.0 Å². The summed E-state index contributed by atoms with van der Waals surface area (Å²) in [5.41, 5.74) is 5.91. The van der Waals surface area contributed by atoms with Crippen LogP contribution in [0.25, 0.3) is 0 Å². The van der Waals surface area contributed by atoms with Crippen molar-refractivity contribution in [2.45, 2.75) is 0 Å². The number of hydrogen-bond donors (Lipinski definition) is 2. The third kappa shape index (κ3) is 5.06. The lowest BCUT2D eigenvalue weighted by atomic mass is 10.2. The summed E-state index contributed by atoms with van der Waals surface area (Å²) < 4.78 is 17.7. The summed E-state index contributed by atoms with van der Waals surface area (Å²) in [5.74, 6) is 0.463. The third-order valence-electron chi connectivity index (χ3n) is 1.94. The number of ether oxygens (including phenoxy) is 1. The van der Waals surface area contributed by atoms with E-state index in [0.717, 1.165) is 5.75 Å². The molecular formula is C11H15FN2O2S. The van der Waals surface area contributed by atoms with E-state index in [-0.39, 0.29) is 11.6 Å². The van der Waals surface area contributed by atoms with Crippen molar-refractivity contribution >= 4 is 29.0 Å². The van der Waals surface area contributed by atoms with Crippen LogP contribution >= 0.6 is 11.8 Å². The number of carbonyl (C=O) groups excluding carboxylic acids is 1. The van der Waals surface area contributed by atoms with Crippen molar-refractivity contribution in [1.29, 1.82) is 0 Å². The molecule has 3 N–H and O–H groups in total. The molecule has 0 spiro atoms. The van der Waals surface area contributed by atoms with Crippen molar-refractivity contribution < 1.29 is 13.9 Å². The third-order valence-corrected chi connectivity index (χ3v) is 2.87. The average Bonchev–Trinajstić information content (AvgIpc) is 2.30. The zero-order valence-corrected chi connectivity index (χ0v) is 10.3. The van der Waals surface area contributed by atoms with E-state index in [1.165, 1.54) is 30.0 Å². The Bertz CT molecular complexity index is 388. The number of benzene rings is 1. The van der Waals surface area contributed by atoms with Gasteiger partial charge in [-0.3, -0.25) is 4.79 Å². The summed E-state index contributed by atoms with van der Waals surface area (Å²) in [6, 6.07) is 4.10. The number of nitrogen functional groups attached to an aromatic ring is 1. The Morgan fingerprint density at radius 2 is 2.35 bits per heavy atom. The molecule has 0 fully saturated rings. The van der Waals surface area contributed by atoms with Gasteiger partial charge in [0.25, 0.3) is 0 Å². The molecule has 0 aliphatic carbocycles. The minimum atomic E-state index is -0.488. The van der Waals surface area contributed by atoms with Gasteiger partial charge in [0.2, 0.25) is 5.91 Å². The predicted octanol–water partition coefficient (Wildman–Crippen LogP) is 1.73. The molecule has 0 bridgehead atoms. The molecule has 0 heterocycles. The van der Waals surface area contributed by atoms with Gasteiger partial charge in [0.1, 0.15) is 5.82 Å². The van der Waals surface area contributed by atoms with Crippen molar-refractivity contribution in [2.24, 2.45) is 0 Å². The number of thioether (sulfide) groups is 1. The van der Waals surface area contributed by atoms with E-state index in [1.807, 2.05) is 0 Å². The lowest BCUT2D eigenvalue weighted by molar-refractivity contribution is -0.113. The first-order valence-electron chi connectivity index (χ1n) is 5.05. The second-order valence-corrected chi connectivity index (χ2v) is 4.44. The minimum Gasteiger partial charge on any atom is -0.396 e. The second kappa shape index (κ2) is 7.13. The fourth-order valence-electron chi connectivity index (χ4n) is 1.13. The van der Waals surface area contributed by atoms with Gasteiger partial charge >= 0.3 is 0 Å². The Hall–Kier alpha value is -1.27. The van der Waals surface area contributed by atoms with E-state index < -0.39 is 5.82 Å². The van der Waals surface area contributed by atoms with Gasteiger partial charge < -0.3 is 15.8 Å². The molecule has 0 aromatic heterocycles. The monoisotopic (exact) mass is 258 g/mol. The van der Waals surface area contributed by atoms with Gasteiger partial charge in [-0.05, 0) is 18.2 Å². The van der Waals surface area contributed by atoms with Crippen LogP contribution in [0, 0.1) is 5.82 Å². The van der Waals surface area contributed by atoms with Gasteiger partial charge in [-0.2, -0.15) is 0 Å². The number of methoxy groups -OCH3 is 1. The van der Waals surface area contributed by atoms with Crippen LogP contribution in [0.4, 0.5) is 15.8 Å². The fourth-order valence-corrected chi connectivity index (χ4v) is 1.81. The highest BCUT2D eigenvalue weighted by molar-refractivity contribution is 7.99. The first-order chi connectivity index (χ1) is 8.13. The molecule has 17 heavy (non-hydrogen) atoms. The maximum Gasteiger partial charge on any atom is 0.234 e. The molecule has 0 saturated heterocycles. The minimum absolute atomic E-state index is 0.0230. The number of nitrogens with two attached hydrogens (primary N) is 1. The lowest BCUT2D eigenvalue weighted by Gasteiger charge is -2.06. The standard InChI is InChI=1S/C11H15FN2O2S/c1-16-4-5-17-7-11(15)14-8-2-3-9(12)10(13)6-8/h2-3,6H,4-5,7,13H2,1H3,(H,14,15). The summed E-state index contributed by atoms with van der Waals surface area (Å²) >= 11 is 1.47. The summed E-state index contributed by atoms with van der Waals surface area (Å²) in [4.78, 5) is 11.5. The highest BCUT2D eigenvalue weighted by atomic mass is 32.2. The molecule has 0 atom stereocenters. The number of halogens is 1. The number of anilines is 2.